The molecule has 1 amide bonds. The predicted molar refractivity (Wildman–Crippen MR) is 192 cm³/mol. The molecule has 49 heavy (non-hydrogen) atoms. The molecule has 3 fully saturated rings. The lowest BCUT2D eigenvalue weighted by Gasteiger charge is -2.39. The maximum Gasteiger partial charge on any atom is 0.308 e. The normalized spacial score (nSPS) is 31.4. The van der Waals surface area contributed by atoms with Gasteiger partial charge in [-0.15, -0.1) is 0 Å². The van der Waals surface area contributed by atoms with Crippen molar-refractivity contribution in [1.82, 2.24) is 10.3 Å². The minimum atomic E-state index is -0.469. The monoisotopic (exact) mass is 716 g/mol. The number of esters is 2. The first-order chi connectivity index (χ1) is 23.3. The summed E-state index contributed by atoms with van der Waals surface area (Å²) in [6, 6.07) is 5.69. The Hall–Kier alpha value is -2.64. The molecule has 0 saturated carbocycles. The molecule has 12 heteroatoms. The third-order valence-electron chi connectivity index (χ3n) is 9.20. The number of carbonyl (C=O) groups excluding carboxylic acids is 3. The molecular weight excluding hydrogens is 665 g/mol. The van der Waals surface area contributed by atoms with Crippen LogP contribution in [0.2, 0.25) is 0 Å². The van der Waals surface area contributed by atoms with Gasteiger partial charge in [0.1, 0.15) is 17.7 Å². The fraction of sp³-hybridized carbons (Fsp3) is 0.622. The standard InChI is InChI=1S/C37H52N2O8S2/c1-23(11-14-32-24(2)18-31(28(6)46-32)39-34(41)16-13-25(3)45-29(7)40)12-15-33-27(5)37(22-44-37)20-30(47-33)19-36(42)43-21-26(4)48-49-35-10-8-9-17-38-35/h8-13,15-17,24-28,30-33H,14,18-22H2,1-7H3,(H,39,41). The Morgan fingerprint density at radius 2 is 1.92 bits per heavy atom. The van der Waals surface area contributed by atoms with Gasteiger partial charge in [0.2, 0.25) is 5.91 Å². The number of amides is 1. The number of carbonyl (C=O) groups is 3. The minimum Gasteiger partial charge on any atom is -0.464 e. The molecule has 4 rings (SSSR count). The molecule has 0 aromatic carbocycles. The van der Waals surface area contributed by atoms with Crippen LogP contribution in [0.1, 0.15) is 74.1 Å². The molecule has 1 spiro atoms. The van der Waals surface area contributed by atoms with Gasteiger partial charge < -0.3 is 29.0 Å². The Labute approximate surface area is 298 Å². The first-order valence-electron chi connectivity index (χ1n) is 17.2. The van der Waals surface area contributed by atoms with Crippen LogP contribution in [-0.2, 0) is 38.1 Å². The van der Waals surface area contributed by atoms with Crippen molar-refractivity contribution in [2.24, 2.45) is 11.8 Å². The van der Waals surface area contributed by atoms with E-state index in [4.69, 9.17) is 23.7 Å². The Kier molecular flexibility index (Phi) is 14.8. The van der Waals surface area contributed by atoms with Gasteiger partial charge in [0.15, 0.2) is 0 Å². The number of ether oxygens (including phenoxy) is 5. The van der Waals surface area contributed by atoms with Crippen LogP contribution >= 0.6 is 21.6 Å². The third kappa shape index (κ3) is 12.6. The fourth-order valence-corrected chi connectivity index (χ4v) is 8.04. The highest BCUT2D eigenvalue weighted by molar-refractivity contribution is 8.76. The lowest BCUT2D eigenvalue weighted by atomic mass is 9.81. The van der Waals surface area contributed by atoms with Crippen molar-refractivity contribution >= 4 is 39.4 Å². The number of nitrogens with one attached hydrogen (secondary N) is 1. The van der Waals surface area contributed by atoms with E-state index in [1.165, 1.54) is 13.0 Å². The lowest BCUT2D eigenvalue weighted by Crippen LogP contribution is -2.50. The van der Waals surface area contributed by atoms with E-state index in [1.54, 1.807) is 40.8 Å². The maximum absolute atomic E-state index is 12.8. The summed E-state index contributed by atoms with van der Waals surface area (Å²) in [5, 5.41) is 4.08. The van der Waals surface area contributed by atoms with E-state index in [2.05, 4.69) is 49.3 Å². The topological polar surface area (TPSA) is 126 Å². The molecule has 1 aromatic rings. The number of nitrogens with zero attached hydrogens (tertiary/aromatic N) is 1. The number of epoxide rings is 1. The van der Waals surface area contributed by atoms with Gasteiger partial charge in [0, 0.05) is 36.8 Å². The molecule has 1 N–H and O–H groups in total. The van der Waals surface area contributed by atoms with Gasteiger partial charge in [0.25, 0.3) is 0 Å². The molecule has 3 aliphatic rings. The fourth-order valence-electron chi connectivity index (χ4n) is 6.16. The van der Waals surface area contributed by atoms with Gasteiger partial charge in [-0.1, -0.05) is 54.5 Å². The number of rotatable bonds is 15. The number of hydrogen-bond donors (Lipinski definition) is 1. The van der Waals surface area contributed by atoms with Crippen molar-refractivity contribution in [3.63, 3.8) is 0 Å². The first-order valence-corrected chi connectivity index (χ1v) is 19.4. The van der Waals surface area contributed by atoms with Crippen LogP contribution in [0.3, 0.4) is 0 Å². The van der Waals surface area contributed by atoms with Crippen LogP contribution in [0.15, 0.2) is 65.4 Å². The molecule has 3 aliphatic heterocycles. The quantitative estimate of drug-likeness (QED) is 0.0712. The summed E-state index contributed by atoms with van der Waals surface area (Å²) in [7, 11) is 3.21. The SMILES string of the molecule is CC(=O)OC(C)C=CC(=O)NC1CC(C)C(CC=C(C)C=CC2OC(CC(=O)OCC(C)SSc3ccccn3)CC3(CO3)C2C)OC1C. The summed E-state index contributed by atoms with van der Waals surface area (Å²) in [4.78, 5) is 40.6. The van der Waals surface area contributed by atoms with Crippen molar-refractivity contribution in [2.45, 2.75) is 127 Å². The second-order valence-corrected chi connectivity index (χ2v) is 16.2. The summed E-state index contributed by atoms with van der Waals surface area (Å²) < 4.78 is 29.3. The van der Waals surface area contributed by atoms with E-state index < -0.39 is 6.10 Å². The zero-order valence-corrected chi connectivity index (χ0v) is 31.3. The van der Waals surface area contributed by atoms with Gasteiger partial charge >= 0.3 is 11.9 Å². The average Bonchev–Trinajstić information content (AvgIpc) is 3.83. The molecule has 0 radical (unpaired) electrons. The van der Waals surface area contributed by atoms with Crippen molar-refractivity contribution in [2.75, 3.05) is 13.2 Å². The van der Waals surface area contributed by atoms with Crippen molar-refractivity contribution < 1.29 is 38.1 Å². The number of allylic oxidation sites excluding steroid dienone is 2. The van der Waals surface area contributed by atoms with Crippen molar-refractivity contribution in [1.29, 1.82) is 0 Å². The van der Waals surface area contributed by atoms with Gasteiger partial charge in [-0.3, -0.25) is 14.4 Å². The summed E-state index contributed by atoms with van der Waals surface area (Å²) in [6.45, 7) is 14.4. The van der Waals surface area contributed by atoms with E-state index in [1.807, 2.05) is 32.0 Å². The Morgan fingerprint density at radius 3 is 2.61 bits per heavy atom. The van der Waals surface area contributed by atoms with E-state index in [0.29, 0.717) is 19.6 Å². The highest BCUT2D eigenvalue weighted by atomic mass is 33.1. The van der Waals surface area contributed by atoms with Gasteiger partial charge in [-0.25, -0.2) is 4.98 Å². The zero-order valence-electron chi connectivity index (χ0n) is 29.7. The molecule has 0 aliphatic carbocycles. The molecule has 0 bridgehead atoms. The summed E-state index contributed by atoms with van der Waals surface area (Å²) in [5.41, 5.74) is 0.853. The maximum atomic E-state index is 12.8. The van der Waals surface area contributed by atoms with Crippen LogP contribution in [-0.4, -0.2) is 83.5 Å². The lowest BCUT2D eigenvalue weighted by molar-refractivity contribution is -0.152. The highest BCUT2D eigenvalue weighted by Crippen LogP contribution is 2.47. The molecule has 10 nitrogen and oxygen atoms in total. The van der Waals surface area contributed by atoms with Crippen LogP contribution < -0.4 is 5.32 Å². The molecule has 4 heterocycles. The van der Waals surface area contributed by atoms with Gasteiger partial charge in [-0.2, -0.15) is 0 Å². The molecule has 3 saturated heterocycles. The molecular formula is C37H52N2O8S2. The van der Waals surface area contributed by atoms with Crippen LogP contribution in [0, 0.1) is 11.8 Å². The second-order valence-electron chi connectivity index (χ2n) is 13.5. The van der Waals surface area contributed by atoms with Crippen LogP contribution in [0.4, 0.5) is 0 Å². The first kappa shape index (κ1) is 39.2. The Bertz CT molecular complexity index is 1350. The molecule has 1 aromatic heterocycles. The zero-order chi connectivity index (χ0) is 35.6. The number of pyridine rings is 1. The van der Waals surface area contributed by atoms with Crippen molar-refractivity contribution in [3.8, 4) is 0 Å². The Morgan fingerprint density at radius 1 is 1.14 bits per heavy atom. The minimum absolute atomic E-state index is 0.0316. The van der Waals surface area contributed by atoms with E-state index >= 15 is 0 Å². The summed E-state index contributed by atoms with van der Waals surface area (Å²) in [5.74, 6) is -0.469. The van der Waals surface area contributed by atoms with E-state index in [-0.39, 0.29) is 77.4 Å². The largest absolute Gasteiger partial charge is 0.464 e. The van der Waals surface area contributed by atoms with Gasteiger partial charge in [-0.05, 0) is 75.5 Å². The number of hydrogen-bond acceptors (Lipinski definition) is 11. The Balaban J connectivity index is 1.22. The highest BCUT2D eigenvalue weighted by Gasteiger charge is 2.56. The molecule has 10 unspecified atom stereocenters. The van der Waals surface area contributed by atoms with Crippen LogP contribution in [0.5, 0.6) is 0 Å². The smallest absolute Gasteiger partial charge is 0.308 e. The van der Waals surface area contributed by atoms with Crippen molar-refractivity contribution in [3.05, 3.63) is 60.3 Å². The average molecular weight is 717 g/mol. The predicted octanol–water partition coefficient (Wildman–Crippen LogP) is 6.41. The van der Waals surface area contributed by atoms with E-state index in [0.717, 1.165) is 23.4 Å². The molecule has 10 atom stereocenters. The third-order valence-corrected chi connectivity index (χ3v) is 12.0. The molecule has 270 valence electrons. The van der Waals surface area contributed by atoms with Crippen LogP contribution in [0.25, 0.3) is 0 Å². The number of aromatic nitrogens is 1. The van der Waals surface area contributed by atoms with E-state index in [9.17, 15) is 14.4 Å². The van der Waals surface area contributed by atoms with Gasteiger partial charge in [0.05, 0.1) is 49.1 Å². The summed E-state index contributed by atoms with van der Waals surface area (Å²) in [6.07, 6.45) is 12.5. The second kappa shape index (κ2) is 18.6. The summed E-state index contributed by atoms with van der Waals surface area (Å²) >= 11 is 0.